The average Bonchev–Trinajstić information content (AvgIpc) is 2.50. The van der Waals surface area contributed by atoms with Gasteiger partial charge in [-0.2, -0.15) is 0 Å². The number of hydrogen-bond acceptors (Lipinski definition) is 1. The number of fused-ring (bicyclic) bond motifs is 1. The summed E-state index contributed by atoms with van der Waals surface area (Å²) in [6.45, 7) is 4.62. The maximum atomic E-state index is 5.48. The van der Waals surface area contributed by atoms with E-state index in [1.54, 1.807) is 18.2 Å². The van der Waals surface area contributed by atoms with Gasteiger partial charge in [-0.05, 0) is 60.8 Å². The first-order valence-electron chi connectivity index (χ1n) is 8.43. The van der Waals surface area contributed by atoms with Gasteiger partial charge in [-0.1, -0.05) is 45.6 Å². The Balaban J connectivity index is 2.36. The second kappa shape index (κ2) is 7.15. The largest absolute Gasteiger partial charge is 0.497 e. The van der Waals surface area contributed by atoms with Crippen LogP contribution in [0.4, 0.5) is 0 Å². The average molecular weight is 274 g/mol. The van der Waals surface area contributed by atoms with Gasteiger partial charge in [0.05, 0.1) is 7.11 Å². The second-order valence-corrected chi connectivity index (χ2v) is 6.36. The van der Waals surface area contributed by atoms with Crippen molar-refractivity contribution in [1.82, 2.24) is 0 Å². The number of methoxy groups -OCH3 is 1. The van der Waals surface area contributed by atoms with Crippen LogP contribution in [0, 0.1) is 0 Å². The highest BCUT2D eigenvalue weighted by molar-refractivity contribution is 5.42. The Bertz CT molecular complexity index is 414. The second-order valence-electron chi connectivity index (χ2n) is 6.36. The molecule has 1 aliphatic carbocycles. The summed E-state index contributed by atoms with van der Waals surface area (Å²) in [6, 6.07) is 6.77. The van der Waals surface area contributed by atoms with E-state index in [2.05, 4.69) is 32.0 Å². The molecule has 20 heavy (non-hydrogen) atoms. The minimum absolute atomic E-state index is 0.425. The summed E-state index contributed by atoms with van der Waals surface area (Å²) in [6.07, 6.45) is 12.0. The monoisotopic (exact) mass is 274 g/mol. The van der Waals surface area contributed by atoms with Crippen molar-refractivity contribution in [3.05, 3.63) is 29.3 Å². The van der Waals surface area contributed by atoms with Crippen LogP contribution >= 0.6 is 0 Å². The molecule has 0 heterocycles. The van der Waals surface area contributed by atoms with Crippen molar-refractivity contribution in [3.63, 3.8) is 0 Å². The molecule has 1 heteroatoms. The Morgan fingerprint density at radius 3 is 2.40 bits per heavy atom. The summed E-state index contributed by atoms with van der Waals surface area (Å²) in [4.78, 5) is 0. The first-order chi connectivity index (χ1) is 9.75. The van der Waals surface area contributed by atoms with Crippen LogP contribution < -0.4 is 4.74 Å². The molecule has 0 saturated heterocycles. The summed E-state index contributed by atoms with van der Waals surface area (Å²) < 4.78 is 5.48. The highest BCUT2D eigenvalue weighted by Gasteiger charge is 2.35. The molecule has 1 nitrogen and oxygen atoms in total. The number of hydrogen-bond donors (Lipinski definition) is 0. The molecular weight excluding hydrogens is 244 g/mol. The Hall–Kier alpha value is -0.980. The van der Waals surface area contributed by atoms with Gasteiger partial charge in [0, 0.05) is 0 Å². The van der Waals surface area contributed by atoms with Crippen molar-refractivity contribution in [1.29, 1.82) is 0 Å². The quantitative estimate of drug-likeness (QED) is 0.624. The van der Waals surface area contributed by atoms with Gasteiger partial charge in [0.2, 0.25) is 0 Å². The van der Waals surface area contributed by atoms with Gasteiger partial charge >= 0.3 is 0 Å². The van der Waals surface area contributed by atoms with Crippen LogP contribution in [0.3, 0.4) is 0 Å². The zero-order chi connectivity index (χ0) is 14.4. The van der Waals surface area contributed by atoms with E-state index < -0.39 is 0 Å². The van der Waals surface area contributed by atoms with E-state index in [1.807, 2.05) is 0 Å². The zero-order valence-electron chi connectivity index (χ0n) is 13.5. The lowest BCUT2D eigenvalue weighted by molar-refractivity contribution is 0.293. The fourth-order valence-electron chi connectivity index (χ4n) is 3.82. The lowest BCUT2D eigenvalue weighted by Crippen LogP contribution is -2.31. The summed E-state index contributed by atoms with van der Waals surface area (Å²) in [5.74, 6) is 1.03. The molecule has 0 fully saturated rings. The lowest BCUT2D eigenvalue weighted by atomic mass is 9.65. The van der Waals surface area contributed by atoms with Crippen molar-refractivity contribution in [2.45, 2.75) is 77.0 Å². The molecule has 0 bridgehead atoms. The zero-order valence-corrected chi connectivity index (χ0v) is 13.5. The molecule has 0 unspecified atom stereocenters. The molecule has 0 aliphatic heterocycles. The highest BCUT2D eigenvalue weighted by Crippen LogP contribution is 2.45. The molecule has 0 spiro atoms. The van der Waals surface area contributed by atoms with Crippen molar-refractivity contribution in [2.75, 3.05) is 7.11 Å². The third-order valence-electron chi connectivity index (χ3n) is 5.01. The Morgan fingerprint density at radius 1 is 1.10 bits per heavy atom. The van der Waals surface area contributed by atoms with Gasteiger partial charge in [0.25, 0.3) is 0 Å². The molecule has 1 aliphatic rings. The van der Waals surface area contributed by atoms with E-state index in [-0.39, 0.29) is 0 Å². The van der Waals surface area contributed by atoms with E-state index in [9.17, 15) is 0 Å². The van der Waals surface area contributed by atoms with E-state index in [4.69, 9.17) is 4.74 Å². The normalized spacial score (nSPS) is 16.8. The number of ether oxygens (including phenoxy) is 1. The standard InChI is InChI=1S/C19H30O/c1-4-6-12-19(13-7-5-2)14-8-9-16-10-11-17(20-3)15-18(16)19/h10-11,15H,4-9,12-14H2,1-3H3. The topological polar surface area (TPSA) is 9.23 Å². The Labute approximate surface area is 124 Å². The summed E-state index contributed by atoms with van der Waals surface area (Å²) >= 11 is 0. The third kappa shape index (κ3) is 3.19. The first-order valence-corrected chi connectivity index (χ1v) is 8.43. The number of unbranched alkanes of at least 4 members (excludes halogenated alkanes) is 2. The van der Waals surface area contributed by atoms with E-state index in [0.717, 1.165) is 5.75 Å². The molecule has 0 saturated carbocycles. The number of rotatable bonds is 7. The fraction of sp³-hybridized carbons (Fsp3) is 0.684. The smallest absolute Gasteiger partial charge is 0.119 e. The van der Waals surface area contributed by atoms with Crippen LogP contribution in [0.5, 0.6) is 5.75 Å². The molecule has 0 aromatic heterocycles. The van der Waals surface area contributed by atoms with Gasteiger partial charge in [0.15, 0.2) is 0 Å². The van der Waals surface area contributed by atoms with Crippen LogP contribution in [-0.4, -0.2) is 7.11 Å². The van der Waals surface area contributed by atoms with Crippen LogP contribution in [0.15, 0.2) is 18.2 Å². The molecule has 112 valence electrons. The molecule has 0 atom stereocenters. The molecule has 0 amide bonds. The number of benzene rings is 1. The van der Waals surface area contributed by atoms with Crippen LogP contribution in [0.1, 0.15) is 76.3 Å². The first kappa shape index (κ1) is 15.4. The maximum Gasteiger partial charge on any atom is 0.119 e. The summed E-state index contributed by atoms with van der Waals surface area (Å²) in [5.41, 5.74) is 3.60. The van der Waals surface area contributed by atoms with Gasteiger partial charge in [0.1, 0.15) is 5.75 Å². The van der Waals surface area contributed by atoms with Crippen molar-refractivity contribution < 1.29 is 4.74 Å². The van der Waals surface area contributed by atoms with Gasteiger partial charge in [-0.15, -0.1) is 0 Å². The van der Waals surface area contributed by atoms with E-state index in [1.165, 1.54) is 57.8 Å². The van der Waals surface area contributed by atoms with Crippen LogP contribution in [0.25, 0.3) is 0 Å². The molecular formula is C19H30O. The van der Waals surface area contributed by atoms with Crippen molar-refractivity contribution >= 4 is 0 Å². The molecule has 1 aromatic carbocycles. The minimum Gasteiger partial charge on any atom is -0.497 e. The summed E-state index contributed by atoms with van der Waals surface area (Å²) in [7, 11) is 1.78. The lowest BCUT2D eigenvalue weighted by Gasteiger charge is -2.40. The Morgan fingerprint density at radius 2 is 1.80 bits per heavy atom. The van der Waals surface area contributed by atoms with E-state index in [0.29, 0.717) is 5.41 Å². The summed E-state index contributed by atoms with van der Waals surface area (Å²) in [5, 5.41) is 0. The molecule has 2 rings (SSSR count). The van der Waals surface area contributed by atoms with Crippen LogP contribution in [-0.2, 0) is 11.8 Å². The van der Waals surface area contributed by atoms with E-state index >= 15 is 0 Å². The molecule has 0 radical (unpaired) electrons. The highest BCUT2D eigenvalue weighted by atomic mass is 16.5. The number of aryl methyl sites for hydroxylation is 1. The van der Waals surface area contributed by atoms with Crippen molar-refractivity contribution in [3.8, 4) is 5.75 Å². The van der Waals surface area contributed by atoms with Gasteiger partial charge < -0.3 is 4.74 Å². The predicted molar refractivity (Wildman–Crippen MR) is 86.7 cm³/mol. The maximum absolute atomic E-state index is 5.48. The van der Waals surface area contributed by atoms with Gasteiger partial charge in [-0.25, -0.2) is 0 Å². The SMILES string of the molecule is CCCCC1(CCCC)CCCc2ccc(OC)cc21. The van der Waals surface area contributed by atoms with Crippen molar-refractivity contribution in [2.24, 2.45) is 0 Å². The van der Waals surface area contributed by atoms with Crippen LogP contribution in [0.2, 0.25) is 0 Å². The fourth-order valence-corrected chi connectivity index (χ4v) is 3.82. The minimum atomic E-state index is 0.425. The Kier molecular flexibility index (Phi) is 5.51. The predicted octanol–water partition coefficient (Wildman–Crippen LogP) is 5.65. The molecule has 0 N–H and O–H groups in total. The molecule has 1 aromatic rings. The van der Waals surface area contributed by atoms with Gasteiger partial charge in [-0.3, -0.25) is 0 Å². The third-order valence-corrected chi connectivity index (χ3v) is 5.01.